The lowest BCUT2D eigenvalue weighted by Gasteiger charge is -2.34. The largest absolute Gasteiger partial charge is 0.469 e. The van der Waals surface area contributed by atoms with Crippen LogP contribution in [0.3, 0.4) is 0 Å². The van der Waals surface area contributed by atoms with E-state index in [4.69, 9.17) is 4.42 Å². The minimum absolute atomic E-state index is 0.0552. The Labute approximate surface area is 144 Å². The highest BCUT2D eigenvalue weighted by Crippen LogP contribution is 2.43. The number of carbonyl (C=O) groups is 1. The second kappa shape index (κ2) is 5.44. The van der Waals surface area contributed by atoms with Crippen molar-refractivity contribution in [2.24, 2.45) is 0 Å². The number of anilines is 1. The van der Waals surface area contributed by atoms with Crippen LogP contribution in [-0.4, -0.2) is 20.5 Å². The van der Waals surface area contributed by atoms with Gasteiger partial charge in [-0.15, -0.1) is 0 Å². The maximum atomic E-state index is 13.0. The molecule has 2 aromatic heterocycles. The number of allylic oxidation sites excluding steroid dienone is 2. The molecule has 124 valence electrons. The number of nitrogens with zero attached hydrogens (tertiary/aromatic N) is 3. The average molecular weight is 332 g/mol. The van der Waals surface area contributed by atoms with E-state index in [1.165, 1.54) is 6.33 Å². The van der Waals surface area contributed by atoms with Gasteiger partial charge >= 0.3 is 0 Å². The Morgan fingerprint density at radius 2 is 2.00 bits per heavy atom. The average Bonchev–Trinajstić information content (AvgIpc) is 3.32. The third kappa shape index (κ3) is 2.21. The molecule has 1 N–H and O–H groups in total. The lowest BCUT2D eigenvalue weighted by molar-refractivity contribution is -0.117. The van der Waals surface area contributed by atoms with Crippen LogP contribution in [0.25, 0.3) is 0 Å². The van der Waals surface area contributed by atoms with Crippen LogP contribution in [0.2, 0.25) is 0 Å². The number of aromatic nitrogens is 3. The van der Waals surface area contributed by atoms with Crippen LogP contribution in [0.1, 0.15) is 36.1 Å². The molecule has 6 heteroatoms. The Bertz CT molecular complexity index is 956. The Balaban J connectivity index is 1.63. The van der Waals surface area contributed by atoms with Crippen molar-refractivity contribution in [1.29, 1.82) is 0 Å². The molecule has 0 saturated carbocycles. The van der Waals surface area contributed by atoms with Crippen LogP contribution in [-0.2, 0) is 4.79 Å². The van der Waals surface area contributed by atoms with Gasteiger partial charge in [-0.1, -0.05) is 30.3 Å². The molecule has 0 amide bonds. The van der Waals surface area contributed by atoms with Crippen molar-refractivity contribution < 1.29 is 9.21 Å². The number of furan rings is 1. The van der Waals surface area contributed by atoms with Gasteiger partial charge < -0.3 is 9.73 Å². The molecule has 1 aliphatic heterocycles. The second-order valence-corrected chi connectivity index (χ2v) is 6.40. The standard InChI is InChI=1S/C19H16N4O2/c24-15-10-13(16-7-4-8-25-16)9-14-17(15)18(12-5-2-1-3-6-12)23-19(22-14)20-11-21-23/h1-8,11,13,18H,9-10H2,(H,20,21,22)/t13-,18-/m0/s1. The third-order valence-electron chi connectivity index (χ3n) is 4.92. The van der Waals surface area contributed by atoms with Gasteiger partial charge in [0.1, 0.15) is 18.1 Å². The van der Waals surface area contributed by atoms with Gasteiger partial charge in [-0.05, 0) is 24.1 Å². The summed E-state index contributed by atoms with van der Waals surface area (Å²) >= 11 is 0. The summed E-state index contributed by atoms with van der Waals surface area (Å²) in [6, 6.07) is 13.5. The van der Waals surface area contributed by atoms with Crippen LogP contribution in [0.4, 0.5) is 5.95 Å². The molecule has 1 aromatic carbocycles. The first-order chi connectivity index (χ1) is 12.3. The highest BCUT2D eigenvalue weighted by molar-refractivity contribution is 6.00. The van der Waals surface area contributed by atoms with E-state index in [-0.39, 0.29) is 17.7 Å². The Morgan fingerprint density at radius 1 is 1.12 bits per heavy atom. The Kier molecular flexibility index (Phi) is 3.09. The summed E-state index contributed by atoms with van der Waals surface area (Å²) in [5.41, 5.74) is 2.74. The summed E-state index contributed by atoms with van der Waals surface area (Å²) in [4.78, 5) is 17.4. The van der Waals surface area contributed by atoms with Crippen molar-refractivity contribution in [2.45, 2.75) is 24.8 Å². The van der Waals surface area contributed by atoms with Gasteiger partial charge in [0.05, 0.1) is 6.26 Å². The van der Waals surface area contributed by atoms with Gasteiger partial charge in [-0.3, -0.25) is 4.79 Å². The quantitative estimate of drug-likeness (QED) is 0.779. The highest BCUT2D eigenvalue weighted by atomic mass is 16.3. The number of rotatable bonds is 2. The van der Waals surface area contributed by atoms with Gasteiger partial charge in [0, 0.05) is 23.6 Å². The second-order valence-electron chi connectivity index (χ2n) is 6.40. The molecule has 0 fully saturated rings. The summed E-state index contributed by atoms with van der Waals surface area (Å²) in [7, 11) is 0. The van der Waals surface area contributed by atoms with Gasteiger partial charge in [0.2, 0.25) is 5.95 Å². The van der Waals surface area contributed by atoms with E-state index in [1.807, 2.05) is 42.5 Å². The summed E-state index contributed by atoms with van der Waals surface area (Å²) in [5.74, 6) is 1.70. The van der Waals surface area contributed by atoms with E-state index in [0.29, 0.717) is 12.4 Å². The SMILES string of the molecule is O=C1C[C@@H](c2ccco2)CC2=C1[C@H](c1ccccc1)n1ncnc1N2. The molecule has 0 unspecified atom stereocenters. The number of Topliss-reactive ketones (excluding diaryl/α,β-unsaturated/α-hetero) is 1. The maximum Gasteiger partial charge on any atom is 0.226 e. The van der Waals surface area contributed by atoms with Crippen molar-refractivity contribution in [3.8, 4) is 0 Å². The molecule has 3 heterocycles. The fourth-order valence-corrected chi connectivity index (χ4v) is 3.82. The molecule has 6 nitrogen and oxygen atoms in total. The third-order valence-corrected chi connectivity index (χ3v) is 4.92. The summed E-state index contributed by atoms with van der Waals surface area (Å²) in [6.45, 7) is 0. The smallest absolute Gasteiger partial charge is 0.226 e. The predicted molar refractivity (Wildman–Crippen MR) is 90.9 cm³/mol. The molecule has 2 atom stereocenters. The Hall–Kier alpha value is -3.15. The van der Waals surface area contributed by atoms with E-state index < -0.39 is 0 Å². The predicted octanol–water partition coefficient (Wildman–Crippen LogP) is 3.29. The fourth-order valence-electron chi connectivity index (χ4n) is 3.82. The molecule has 2 aliphatic rings. The number of carbonyl (C=O) groups excluding carboxylic acids is 1. The van der Waals surface area contributed by atoms with Crippen molar-refractivity contribution in [2.75, 3.05) is 5.32 Å². The van der Waals surface area contributed by atoms with E-state index in [1.54, 1.807) is 10.9 Å². The molecule has 3 aromatic rings. The summed E-state index contributed by atoms with van der Waals surface area (Å²) in [5, 5.41) is 7.65. The molecular formula is C19H16N4O2. The fraction of sp³-hybridized carbons (Fsp3) is 0.211. The number of hydrogen-bond acceptors (Lipinski definition) is 5. The number of nitrogens with one attached hydrogen (secondary N) is 1. The molecule has 0 spiro atoms. The van der Waals surface area contributed by atoms with Gasteiger partial charge in [-0.25, -0.2) is 4.68 Å². The van der Waals surface area contributed by atoms with E-state index >= 15 is 0 Å². The monoisotopic (exact) mass is 332 g/mol. The molecule has 0 saturated heterocycles. The first kappa shape index (κ1) is 14.2. The maximum absolute atomic E-state index is 13.0. The first-order valence-electron chi connectivity index (χ1n) is 8.32. The molecule has 0 radical (unpaired) electrons. The lowest BCUT2D eigenvalue weighted by Crippen LogP contribution is -2.33. The van der Waals surface area contributed by atoms with Crippen molar-refractivity contribution in [3.05, 3.63) is 77.6 Å². The van der Waals surface area contributed by atoms with Gasteiger partial charge in [0.15, 0.2) is 5.78 Å². The molecular weight excluding hydrogens is 316 g/mol. The zero-order valence-electron chi connectivity index (χ0n) is 13.4. The highest BCUT2D eigenvalue weighted by Gasteiger charge is 2.39. The van der Waals surface area contributed by atoms with Gasteiger partial charge in [-0.2, -0.15) is 10.1 Å². The molecule has 5 rings (SSSR count). The number of ketones is 1. The van der Waals surface area contributed by atoms with Crippen LogP contribution >= 0.6 is 0 Å². The normalized spacial score (nSPS) is 22.3. The van der Waals surface area contributed by atoms with E-state index in [2.05, 4.69) is 15.4 Å². The summed E-state index contributed by atoms with van der Waals surface area (Å²) < 4.78 is 7.32. The van der Waals surface area contributed by atoms with Crippen molar-refractivity contribution in [3.63, 3.8) is 0 Å². The minimum Gasteiger partial charge on any atom is -0.469 e. The van der Waals surface area contributed by atoms with Crippen molar-refractivity contribution >= 4 is 11.7 Å². The lowest BCUT2D eigenvalue weighted by atomic mass is 9.79. The van der Waals surface area contributed by atoms with Crippen LogP contribution in [0, 0.1) is 0 Å². The molecule has 25 heavy (non-hydrogen) atoms. The Morgan fingerprint density at radius 3 is 2.80 bits per heavy atom. The number of fused-ring (bicyclic) bond motifs is 1. The topological polar surface area (TPSA) is 73.0 Å². The summed E-state index contributed by atoms with van der Waals surface area (Å²) in [6.07, 6.45) is 4.35. The number of hydrogen-bond donors (Lipinski definition) is 1. The van der Waals surface area contributed by atoms with Crippen LogP contribution < -0.4 is 5.32 Å². The zero-order chi connectivity index (χ0) is 16.8. The van der Waals surface area contributed by atoms with Crippen LogP contribution in [0.5, 0.6) is 0 Å². The minimum atomic E-state index is -0.236. The first-order valence-corrected chi connectivity index (χ1v) is 8.32. The van der Waals surface area contributed by atoms with Crippen molar-refractivity contribution in [1.82, 2.24) is 14.8 Å². The zero-order valence-corrected chi connectivity index (χ0v) is 13.4. The van der Waals surface area contributed by atoms with Gasteiger partial charge in [0.25, 0.3) is 0 Å². The molecule has 0 bridgehead atoms. The van der Waals surface area contributed by atoms with E-state index in [9.17, 15) is 4.79 Å². The van der Waals surface area contributed by atoms with Crippen LogP contribution in [0.15, 0.2) is 70.7 Å². The van der Waals surface area contributed by atoms with E-state index in [0.717, 1.165) is 29.0 Å². The number of benzene rings is 1. The molecule has 1 aliphatic carbocycles.